The smallest absolute Gasteiger partial charge is 0.242 e. The highest BCUT2D eigenvalue weighted by Crippen LogP contribution is 2.19. The van der Waals surface area contributed by atoms with Crippen molar-refractivity contribution in [1.82, 2.24) is 9.71 Å². The van der Waals surface area contributed by atoms with E-state index in [1.54, 1.807) is 0 Å². The van der Waals surface area contributed by atoms with E-state index in [-0.39, 0.29) is 15.7 Å². The Labute approximate surface area is 113 Å². The number of pyridine rings is 1. The van der Waals surface area contributed by atoms with Crippen LogP contribution in [0.4, 0.5) is 5.82 Å². The van der Waals surface area contributed by atoms with Gasteiger partial charge < -0.3 is 5.73 Å². The molecule has 18 heavy (non-hydrogen) atoms. The van der Waals surface area contributed by atoms with Crippen LogP contribution in [0.3, 0.4) is 0 Å². The first kappa shape index (κ1) is 15.2. The molecule has 0 amide bonds. The van der Waals surface area contributed by atoms with Crippen molar-refractivity contribution < 1.29 is 8.42 Å². The molecular formula is C11H18ClN3O2S. The summed E-state index contributed by atoms with van der Waals surface area (Å²) in [5.74, 6) is 0.451. The van der Waals surface area contributed by atoms with Crippen molar-refractivity contribution >= 4 is 27.4 Å². The summed E-state index contributed by atoms with van der Waals surface area (Å²) in [5.41, 5.74) is 5.44. The van der Waals surface area contributed by atoms with Gasteiger partial charge in [-0.25, -0.2) is 18.1 Å². The van der Waals surface area contributed by atoms with E-state index in [0.717, 1.165) is 12.8 Å². The van der Waals surface area contributed by atoms with Crippen molar-refractivity contribution in [3.05, 3.63) is 17.3 Å². The fourth-order valence-corrected chi connectivity index (χ4v) is 2.78. The van der Waals surface area contributed by atoms with Gasteiger partial charge in [0.15, 0.2) is 0 Å². The van der Waals surface area contributed by atoms with Crippen LogP contribution in [0.1, 0.15) is 26.7 Å². The van der Waals surface area contributed by atoms with Gasteiger partial charge in [0.05, 0.1) is 5.02 Å². The molecule has 7 heteroatoms. The Bertz CT molecular complexity index is 501. The second kappa shape index (κ2) is 6.36. The maximum Gasteiger partial charge on any atom is 0.242 e. The third kappa shape index (κ3) is 3.83. The monoisotopic (exact) mass is 291 g/mol. The molecule has 1 rings (SSSR count). The molecule has 0 radical (unpaired) electrons. The molecule has 1 aromatic rings. The summed E-state index contributed by atoms with van der Waals surface area (Å²) >= 11 is 5.76. The number of rotatable bonds is 6. The predicted octanol–water partition coefficient (Wildman–Crippen LogP) is 2.03. The van der Waals surface area contributed by atoms with Crippen molar-refractivity contribution in [3.8, 4) is 0 Å². The Morgan fingerprint density at radius 2 is 2.06 bits per heavy atom. The third-order valence-electron chi connectivity index (χ3n) is 2.87. The van der Waals surface area contributed by atoms with Gasteiger partial charge >= 0.3 is 0 Å². The Balaban J connectivity index is 2.83. The van der Waals surface area contributed by atoms with Gasteiger partial charge in [-0.05, 0) is 12.0 Å². The van der Waals surface area contributed by atoms with E-state index in [1.807, 2.05) is 13.8 Å². The van der Waals surface area contributed by atoms with Crippen LogP contribution >= 0.6 is 11.6 Å². The van der Waals surface area contributed by atoms with E-state index in [2.05, 4.69) is 9.71 Å². The van der Waals surface area contributed by atoms with Crippen molar-refractivity contribution in [2.75, 3.05) is 12.3 Å². The minimum atomic E-state index is -3.57. The van der Waals surface area contributed by atoms with Gasteiger partial charge in [0.2, 0.25) is 10.0 Å². The number of anilines is 1. The lowest BCUT2D eigenvalue weighted by Crippen LogP contribution is -2.29. The van der Waals surface area contributed by atoms with Gasteiger partial charge in [-0.15, -0.1) is 0 Å². The van der Waals surface area contributed by atoms with Gasteiger partial charge in [0.25, 0.3) is 0 Å². The number of nitrogens with two attached hydrogens (primary N) is 1. The van der Waals surface area contributed by atoms with Crippen molar-refractivity contribution in [3.63, 3.8) is 0 Å². The Hall–Kier alpha value is -0.850. The van der Waals surface area contributed by atoms with Crippen LogP contribution in [-0.2, 0) is 10.0 Å². The molecule has 0 unspecified atom stereocenters. The molecule has 0 saturated carbocycles. The highest BCUT2D eigenvalue weighted by molar-refractivity contribution is 7.89. The molecule has 0 saturated heterocycles. The lowest BCUT2D eigenvalue weighted by atomic mass is 10.0. The van der Waals surface area contributed by atoms with Gasteiger partial charge in [0, 0.05) is 12.7 Å². The normalized spacial score (nSPS) is 12.0. The standard InChI is InChI=1S/C11H18ClN3O2S/c1-3-8(4-2)6-15-18(16,17)9-5-10(12)11(13)14-7-9/h5,7-8,15H,3-4,6H2,1-2H3,(H2,13,14). The molecule has 5 nitrogen and oxygen atoms in total. The van der Waals surface area contributed by atoms with Gasteiger partial charge in [0.1, 0.15) is 10.7 Å². The average molecular weight is 292 g/mol. The van der Waals surface area contributed by atoms with E-state index in [1.165, 1.54) is 12.3 Å². The number of nitrogens with zero attached hydrogens (tertiary/aromatic N) is 1. The van der Waals surface area contributed by atoms with Crippen molar-refractivity contribution in [1.29, 1.82) is 0 Å². The lowest BCUT2D eigenvalue weighted by Gasteiger charge is -2.13. The van der Waals surface area contributed by atoms with Crippen LogP contribution in [0, 0.1) is 5.92 Å². The summed E-state index contributed by atoms with van der Waals surface area (Å²) < 4.78 is 26.5. The molecule has 0 atom stereocenters. The molecule has 102 valence electrons. The molecule has 0 fully saturated rings. The highest BCUT2D eigenvalue weighted by atomic mass is 35.5. The second-order valence-corrected chi connectivity index (χ2v) is 6.25. The molecule has 0 bridgehead atoms. The largest absolute Gasteiger partial charge is 0.382 e. The summed E-state index contributed by atoms with van der Waals surface area (Å²) in [6.07, 6.45) is 3.07. The molecular weight excluding hydrogens is 274 g/mol. The summed E-state index contributed by atoms with van der Waals surface area (Å²) in [6.45, 7) is 4.48. The quantitative estimate of drug-likeness (QED) is 0.840. The minimum absolute atomic E-state index is 0.0349. The lowest BCUT2D eigenvalue weighted by molar-refractivity contribution is 0.479. The number of aromatic nitrogens is 1. The SMILES string of the molecule is CCC(CC)CNS(=O)(=O)c1cnc(N)c(Cl)c1. The number of hydrogen-bond donors (Lipinski definition) is 2. The second-order valence-electron chi connectivity index (χ2n) is 4.07. The van der Waals surface area contributed by atoms with Crippen LogP contribution in [0.15, 0.2) is 17.2 Å². The average Bonchev–Trinajstić information content (AvgIpc) is 2.33. The Kier molecular flexibility index (Phi) is 5.37. The number of halogens is 1. The molecule has 0 aliphatic rings. The van der Waals surface area contributed by atoms with Crippen LogP contribution in [0.2, 0.25) is 5.02 Å². The zero-order chi connectivity index (χ0) is 13.8. The predicted molar refractivity (Wildman–Crippen MR) is 72.9 cm³/mol. The van der Waals surface area contributed by atoms with Crippen LogP contribution in [-0.4, -0.2) is 19.9 Å². The van der Waals surface area contributed by atoms with E-state index in [0.29, 0.717) is 12.5 Å². The number of sulfonamides is 1. The molecule has 0 aliphatic carbocycles. The zero-order valence-corrected chi connectivity index (χ0v) is 12.1. The first-order valence-electron chi connectivity index (χ1n) is 5.81. The fraction of sp³-hybridized carbons (Fsp3) is 0.545. The number of nitrogens with one attached hydrogen (secondary N) is 1. The van der Waals surface area contributed by atoms with Gasteiger partial charge in [-0.1, -0.05) is 38.3 Å². The molecule has 0 aliphatic heterocycles. The Morgan fingerprint density at radius 3 is 2.56 bits per heavy atom. The number of hydrogen-bond acceptors (Lipinski definition) is 4. The molecule has 3 N–H and O–H groups in total. The van der Waals surface area contributed by atoms with Gasteiger partial charge in [-0.3, -0.25) is 0 Å². The molecule has 1 heterocycles. The topological polar surface area (TPSA) is 85.1 Å². The maximum atomic E-state index is 12.0. The maximum absolute atomic E-state index is 12.0. The highest BCUT2D eigenvalue weighted by Gasteiger charge is 2.17. The van der Waals surface area contributed by atoms with E-state index >= 15 is 0 Å². The van der Waals surface area contributed by atoms with Crippen LogP contribution < -0.4 is 10.5 Å². The van der Waals surface area contributed by atoms with Crippen molar-refractivity contribution in [2.24, 2.45) is 5.92 Å². The first-order valence-corrected chi connectivity index (χ1v) is 7.67. The zero-order valence-electron chi connectivity index (χ0n) is 10.5. The molecule has 0 spiro atoms. The van der Waals surface area contributed by atoms with E-state index in [9.17, 15) is 8.42 Å². The van der Waals surface area contributed by atoms with E-state index in [4.69, 9.17) is 17.3 Å². The van der Waals surface area contributed by atoms with Gasteiger partial charge in [-0.2, -0.15) is 0 Å². The minimum Gasteiger partial charge on any atom is -0.382 e. The van der Waals surface area contributed by atoms with Crippen LogP contribution in [0.5, 0.6) is 0 Å². The first-order chi connectivity index (χ1) is 8.40. The number of nitrogen functional groups attached to an aromatic ring is 1. The van der Waals surface area contributed by atoms with Crippen molar-refractivity contribution in [2.45, 2.75) is 31.6 Å². The summed E-state index contributed by atoms with van der Waals surface area (Å²) in [6, 6.07) is 1.30. The van der Waals surface area contributed by atoms with E-state index < -0.39 is 10.0 Å². The van der Waals surface area contributed by atoms with Crippen LogP contribution in [0.25, 0.3) is 0 Å². The summed E-state index contributed by atoms with van der Waals surface area (Å²) in [7, 11) is -3.57. The fourth-order valence-electron chi connectivity index (χ4n) is 1.47. The molecule has 1 aromatic heterocycles. The molecule has 0 aromatic carbocycles. The summed E-state index contributed by atoms with van der Waals surface area (Å²) in [5, 5.41) is 0.139. The summed E-state index contributed by atoms with van der Waals surface area (Å²) in [4.78, 5) is 3.77. The third-order valence-corrected chi connectivity index (χ3v) is 4.56. The Morgan fingerprint density at radius 1 is 1.44 bits per heavy atom.